The van der Waals surface area contributed by atoms with Crippen LogP contribution in [0.15, 0.2) is 46.4 Å². The van der Waals surface area contributed by atoms with E-state index in [4.69, 9.17) is 4.74 Å². The number of hydrogen-bond donors (Lipinski definition) is 1. The van der Waals surface area contributed by atoms with Gasteiger partial charge in [-0.3, -0.25) is 4.79 Å². The van der Waals surface area contributed by atoms with E-state index >= 15 is 0 Å². The molecule has 6 heteroatoms. The maximum Gasteiger partial charge on any atom is 0.255 e. The summed E-state index contributed by atoms with van der Waals surface area (Å²) in [7, 11) is 0. The van der Waals surface area contributed by atoms with Gasteiger partial charge in [-0.05, 0) is 36.4 Å². The van der Waals surface area contributed by atoms with E-state index in [9.17, 15) is 13.6 Å². The summed E-state index contributed by atoms with van der Waals surface area (Å²) < 4.78 is 32.8. The fourth-order valence-electron chi connectivity index (χ4n) is 2.07. The Balaban J connectivity index is 1.84. The summed E-state index contributed by atoms with van der Waals surface area (Å²) in [6, 6.07) is 8.43. The van der Waals surface area contributed by atoms with Crippen LogP contribution in [0.3, 0.4) is 0 Å². The number of carbonyl (C=O) groups excluding carboxylic acids is 1. The van der Waals surface area contributed by atoms with E-state index in [2.05, 4.69) is 21.2 Å². The first-order valence-corrected chi connectivity index (χ1v) is 7.21. The molecule has 0 aromatic heterocycles. The second-order valence-electron chi connectivity index (χ2n) is 4.72. The molecule has 1 heterocycles. The molecule has 3 nitrogen and oxygen atoms in total. The zero-order valence-electron chi connectivity index (χ0n) is 11.2. The Bertz CT molecular complexity index is 790. The number of rotatable bonds is 2. The largest absolute Gasteiger partial charge is 0.488 e. The Labute approximate surface area is 133 Å². The van der Waals surface area contributed by atoms with Gasteiger partial charge in [0.25, 0.3) is 5.91 Å². The van der Waals surface area contributed by atoms with E-state index < -0.39 is 17.5 Å². The first-order valence-electron chi connectivity index (χ1n) is 6.42. The third-order valence-electron chi connectivity index (χ3n) is 3.16. The molecule has 2 aromatic rings. The van der Waals surface area contributed by atoms with Crippen LogP contribution < -0.4 is 10.1 Å². The van der Waals surface area contributed by atoms with Crippen molar-refractivity contribution < 1.29 is 18.3 Å². The number of carbonyl (C=O) groups is 1. The van der Waals surface area contributed by atoms with E-state index in [1.54, 1.807) is 12.1 Å². The molecule has 0 saturated heterocycles. The average molecular weight is 366 g/mol. The van der Waals surface area contributed by atoms with Gasteiger partial charge in [0.1, 0.15) is 24.0 Å². The molecule has 0 atom stereocenters. The van der Waals surface area contributed by atoms with Gasteiger partial charge in [-0.1, -0.05) is 15.9 Å². The van der Waals surface area contributed by atoms with Crippen LogP contribution in [-0.2, 0) is 4.79 Å². The number of anilines is 1. The number of hydrogen-bond acceptors (Lipinski definition) is 2. The lowest BCUT2D eigenvalue weighted by Crippen LogP contribution is -2.21. The predicted molar refractivity (Wildman–Crippen MR) is 82.6 cm³/mol. The van der Waals surface area contributed by atoms with Crippen LogP contribution in [0.1, 0.15) is 5.56 Å². The zero-order chi connectivity index (χ0) is 15.7. The summed E-state index contributed by atoms with van der Waals surface area (Å²) in [5.41, 5.74) is 1.03. The quantitative estimate of drug-likeness (QED) is 0.868. The highest BCUT2D eigenvalue weighted by molar-refractivity contribution is 9.10. The molecular formula is C16H10BrF2NO2. The topological polar surface area (TPSA) is 38.3 Å². The molecule has 22 heavy (non-hydrogen) atoms. The van der Waals surface area contributed by atoms with Crippen molar-refractivity contribution in [2.24, 2.45) is 0 Å². The van der Waals surface area contributed by atoms with Crippen molar-refractivity contribution >= 4 is 33.6 Å². The third-order valence-corrected chi connectivity index (χ3v) is 3.65. The minimum absolute atomic E-state index is 0.0765. The number of halogens is 3. The first-order chi connectivity index (χ1) is 10.5. The third kappa shape index (κ3) is 3.01. The summed E-state index contributed by atoms with van der Waals surface area (Å²) in [5.74, 6) is -1.34. The molecule has 0 bridgehead atoms. The molecule has 3 rings (SSSR count). The van der Waals surface area contributed by atoms with Gasteiger partial charge in [-0.25, -0.2) is 8.78 Å². The van der Waals surface area contributed by atoms with Crippen molar-refractivity contribution in [1.29, 1.82) is 0 Å². The molecule has 1 N–H and O–H groups in total. The smallest absolute Gasteiger partial charge is 0.255 e. The lowest BCUT2D eigenvalue weighted by atomic mass is 10.1. The van der Waals surface area contributed by atoms with E-state index in [0.29, 0.717) is 17.4 Å². The summed E-state index contributed by atoms with van der Waals surface area (Å²) in [4.78, 5) is 12.2. The number of fused-ring (bicyclic) bond motifs is 1. The molecule has 0 unspecified atom stereocenters. The Kier molecular flexibility index (Phi) is 3.94. The second-order valence-corrected chi connectivity index (χ2v) is 5.63. The molecule has 1 aliphatic rings. The Hall–Kier alpha value is -2.21. The molecule has 0 saturated carbocycles. The Morgan fingerprint density at radius 2 is 2.00 bits per heavy atom. The fraction of sp³-hybridized carbons (Fsp3) is 0.0625. The van der Waals surface area contributed by atoms with Crippen molar-refractivity contribution in [3.8, 4) is 5.75 Å². The number of nitrogens with one attached hydrogen (secondary N) is 1. The molecule has 112 valence electrons. The summed E-state index contributed by atoms with van der Waals surface area (Å²) >= 11 is 3.35. The molecule has 0 fully saturated rings. The normalized spacial score (nSPS) is 13.0. The number of benzene rings is 2. The van der Waals surface area contributed by atoms with E-state index in [1.807, 2.05) is 12.1 Å². The summed E-state index contributed by atoms with van der Waals surface area (Å²) in [5, 5.41) is 2.41. The maximum atomic E-state index is 13.6. The van der Waals surface area contributed by atoms with Crippen LogP contribution in [0.4, 0.5) is 14.5 Å². The molecular weight excluding hydrogens is 356 g/mol. The van der Waals surface area contributed by atoms with Crippen LogP contribution in [0.5, 0.6) is 5.75 Å². The maximum absolute atomic E-state index is 13.6. The average Bonchev–Trinajstić information content (AvgIpc) is 2.49. The monoisotopic (exact) mass is 365 g/mol. The molecule has 2 aromatic carbocycles. The summed E-state index contributed by atoms with van der Waals surface area (Å²) in [6.07, 6.45) is 1.68. The lowest BCUT2D eigenvalue weighted by molar-refractivity contribution is -0.113. The van der Waals surface area contributed by atoms with Gasteiger partial charge in [0.15, 0.2) is 0 Å². The van der Waals surface area contributed by atoms with Gasteiger partial charge in [0.2, 0.25) is 0 Å². The molecule has 1 aliphatic heterocycles. The van der Waals surface area contributed by atoms with Gasteiger partial charge < -0.3 is 10.1 Å². The van der Waals surface area contributed by atoms with E-state index in [-0.39, 0.29) is 12.3 Å². The van der Waals surface area contributed by atoms with Crippen molar-refractivity contribution in [1.82, 2.24) is 0 Å². The predicted octanol–water partition coefficient (Wildman–Crippen LogP) is 4.14. The highest BCUT2D eigenvalue weighted by atomic mass is 79.9. The van der Waals surface area contributed by atoms with Gasteiger partial charge in [-0.15, -0.1) is 0 Å². The van der Waals surface area contributed by atoms with Gasteiger partial charge >= 0.3 is 0 Å². The highest BCUT2D eigenvalue weighted by Gasteiger charge is 2.18. The molecule has 0 radical (unpaired) electrons. The minimum Gasteiger partial charge on any atom is -0.488 e. The van der Waals surface area contributed by atoms with Crippen molar-refractivity contribution in [2.45, 2.75) is 0 Å². The van der Waals surface area contributed by atoms with Crippen molar-refractivity contribution in [2.75, 3.05) is 11.9 Å². The van der Waals surface area contributed by atoms with Crippen LogP contribution >= 0.6 is 15.9 Å². The molecule has 0 aliphatic carbocycles. The first kappa shape index (κ1) is 14.7. The highest BCUT2D eigenvalue weighted by Crippen LogP contribution is 2.29. The lowest BCUT2D eigenvalue weighted by Gasteiger charge is -2.18. The van der Waals surface area contributed by atoms with Gasteiger partial charge in [-0.2, -0.15) is 0 Å². The molecule has 1 amide bonds. The van der Waals surface area contributed by atoms with Crippen molar-refractivity contribution in [3.63, 3.8) is 0 Å². The summed E-state index contributed by atoms with van der Waals surface area (Å²) in [6.45, 7) is 0.0866. The number of amides is 1. The Morgan fingerprint density at radius 3 is 2.77 bits per heavy atom. The van der Waals surface area contributed by atoms with Crippen LogP contribution in [0.25, 0.3) is 6.08 Å². The van der Waals surface area contributed by atoms with Crippen LogP contribution in [0, 0.1) is 11.6 Å². The van der Waals surface area contributed by atoms with E-state index in [0.717, 1.165) is 16.1 Å². The van der Waals surface area contributed by atoms with Crippen LogP contribution in [0.2, 0.25) is 0 Å². The fourth-order valence-corrected chi connectivity index (χ4v) is 2.45. The number of ether oxygens (including phenoxy) is 1. The van der Waals surface area contributed by atoms with Crippen LogP contribution in [-0.4, -0.2) is 12.5 Å². The Morgan fingerprint density at radius 1 is 1.18 bits per heavy atom. The van der Waals surface area contributed by atoms with E-state index in [1.165, 1.54) is 6.07 Å². The standard InChI is InChI=1S/C16H10BrF2NO2/c17-11-1-4-15-9(6-11)5-10(8-22-15)16(21)20-14-3-2-12(18)7-13(14)19/h1-7H,8H2,(H,20,21). The van der Waals surface area contributed by atoms with Gasteiger partial charge in [0.05, 0.1) is 11.3 Å². The minimum atomic E-state index is -0.825. The molecule has 0 spiro atoms. The SMILES string of the molecule is O=C(Nc1ccc(F)cc1F)C1=Cc2cc(Br)ccc2OC1. The zero-order valence-corrected chi connectivity index (χ0v) is 12.8. The second kappa shape index (κ2) is 5.88. The van der Waals surface area contributed by atoms with Gasteiger partial charge in [0, 0.05) is 16.1 Å². The van der Waals surface area contributed by atoms with Crippen molar-refractivity contribution in [3.05, 3.63) is 63.6 Å².